The van der Waals surface area contributed by atoms with Gasteiger partial charge in [0.25, 0.3) is 5.91 Å². The third-order valence-corrected chi connectivity index (χ3v) is 4.36. The standard InChI is InChI=1S/C18H26N2O2/c1-13-8-6-7-11-16(13)20-17(21)12-14(2)19-18(22)15-9-4-3-5-10-15/h3-5,9-10,13-14,16H,6-8,11-12H2,1-2H3,(H,19,22)(H,20,21)/t13-,14+,16-/m0/s1. The van der Waals surface area contributed by atoms with Gasteiger partial charge in [0.1, 0.15) is 0 Å². The second-order valence-electron chi connectivity index (χ2n) is 6.38. The summed E-state index contributed by atoms with van der Waals surface area (Å²) in [5.41, 5.74) is 0.621. The van der Waals surface area contributed by atoms with Crippen LogP contribution in [-0.2, 0) is 4.79 Å². The highest BCUT2D eigenvalue weighted by Crippen LogP contribution is 2.23. The lowest BCUT2D eigenvalue weighted by Gasteiger charge is -2.30. The van der Waals surface area contributed by atoms with E-state index in [4.69, 9.17) is 0 Å². The summed E-state index contributed by atoms with van der Waals surface area (Å²) in [6.07, 6.45) is 5.03. The lowest BCUT2D eigenvalue weighted by molar-refractivity contribution is -0.122. The number of carbonyl (C=O) groups excluding carboxylic acids is 2. The maximum absolute atomic E-state index is 12.1. The van der Waals surface area contributed by atoms with Gasteiger partial charge >= 0.3 is 0 Å². The summed E-state index contributed by atoms with van der Waals surface area (Å²) in [5, 5.41) is 6.00. The predicted octanol–water partition coefficient (Wildman–Crippen LogP) is 2.89. The SMILES string of the molecule is C[C@H](CC(=O)N[C@H]1CCCC[C@@H]1C)NC(=O)c1ccccc1. The van der Waals surface area contributed by atoms with Crippen LogP contribution in [-0.4, -0.2) is 23.9 Å². The molecule has 2 rings (SSSR count). The second kappa shape index (κ2) is 7.97. The van der Waals surface area contributed by atoms with Gasteiger partial charge in [-0.15, -0.1) is 0 Å². The molecule has 0 unspecified atom stereocenters. The summed E-state index contributed by atoms with van der Waals surface area (Å²) in [6.45, 7) is 4.06. The van der Waals surface area contributed by atoms with Crippen LogP contribution in [0.15, 0.2) is 30.3 Å². The van der Waals surface area contributed by atoms with Gasteiger partial charge in [-0.2, -0.15) is 0 Å². The van der Waals surface area contributed by atoms with Crippen molar-refractivity contribution in [2.45, 2.75) is 58.0 Å². The van der Waals surface area contributed by atoms with Crippen molar-refractivity contribution in [2.24, 2.45) is 5.92 Å². The van der Waals surface area contributed by atoms with Crippen molar-refractivity contribution in [3.8, 4) is 0 Å². The summed E-state index contributed by atoms with van der Waals surface area (Å²) in [7, 11) is 0. The molecule has 22 heavy (non-hydrogen) atoms. The first-order valence-corrected chi connectivity index (χ1v) is 8.21. The molecule has 0 aromatic heterocycles. The number of benzene rings is 1. The van der Waals surface area contributed by atoms with E-state index in [9.17, 15) is 9.59 Å². The van der Waals surface area contributed by atoms with Crippen LogP contribution in [0.25, 0.3) is 0 Å². The van der Waals surface area contributed by atoms with Crippen molar-refractivity contribution >= 4 is 11.8 Å². The zero-order chi connectivity index (χ0) is 15.9. The smallest absolute Gasteiger partial charge is 0.251 e. The molecule has 2 amide bonds. The molecule has 0 spiro atoms. The molecule has 0 bridgehead atoms. The van der Waals surface area contributed by atoms with E-state index in [0.717, 1.165) is 6.42 Å². The normalized spacial score (nSPS) is 22.6. The Hall–Kier alpha value is -1.84. The minimum Gasteiger partial charge on any atom is -0.353 e. The van der Waals surface area contributed by atoms with Gasteiger partial charge in [-0.05, 0) is 37.8 Å². The third kappa shape index (κ3) is 4.86. The molecule has 0 heterocycles. The number of hydrogen-bond acceptors (Lipinski definition) is 2. The molecular weight excluding hydrogens is 276 g/mol. The fourth-order valence-corrected chi connectivity index (χ4v) is 3.02. The summed E-state index contributed by atoms with van der Waals surface area (Å²) in [4.78, 5) is 24.2. The molecule has 1 aromatic rings. The quantitative estimate of drug-likeness (QED) is 0.878. The highest BCUT2D eigenvalue weighted by molar-refractivity contribution is 5.94. The Kier molecular flexibility index (Phi) is 5.99. The Morgan fingerprint density at radius 3 is 2.55 bits per heavy atom. The molecule has 1 fully saturated rings. The van der Waals surface area contributed by atoms with Gasteiger partial charge in [0.15, 0.2) is 0 Å². The molecular formula is C18H26N2O2. The van der Waals surface area contributed by atoms with Crippen LogP contribution in [0.5, 0.6) is 0 Å². The first kappa shape index (κ1) is 16.5. The molecule has 1 aliphatic rings. The molecule has 0 aliphatic heterocycles. The number of hydrogen-bond donors (Lipinski definition) is 2. The Morgan fingerprint density at radius 2 is 1.86 bits per heavy atom. The van der Waals surface area contributed by atoms with Crippen LogP contribution in [0.3, 0.4) is 0 Å². The number of amides is 2. The van der Waals surface area contributed by atoms with E-state index in [1.54, 1.807) is 12.1 Å². The fraction of sp³-hybridized carbons (Fsp3) is 0.556. The van der Waals surface area contributed by atoms with Crippen molar-refractivity contribution in [2.75, 3.05) is 0 Å². The van der Waals surface area contributed by atoms with E-state index < -0.39 is 0 Å². The van der Waals surface area contributed by atoms with Crippen LogP contribution in [0.2, 0.25) is 0 Å². The van der Waals surface area contributed by atoms with E-state index in [-0.39, 0.29) is 17.9 Å². The zero-order valence-electron chi connectivity index (χ0n) is 13.5. The van der Waals surface area contributed by atoms with Crippen LogP contribution in [0, 0.1) is 5.92 Å². The molecule has 0 saturated heterocycles. The second-order valence-corrected chi connectivity index (χ2v) is 6.38. The predicted molar refractivity (Wildman–Crippen MR) is 87.5 cm³/mol. The Morgan fingerprint density at radius 1 is 1.18 bits per heavy atom. The van der Waals surface area contributed by atoms with Crippen molar-refractivity contribution in [3.05, 3.63) is 35.9 Å². The highest BCUT2D eigenvalue weighted by Gasteiger charge is 2.23. The van der Waals surface area contributed by atoms with E-state index in [0.29, 0.717) is 23.9 Å². The minimum atomic E-state index is -0.174. The molecule has 0 radical (unpaired) electrons. The lowest BCUT2D eigenvalue weighted by atomic mass is 9.86. The van der Waals surface area contributed by atoms with Gasteiger partial charge in [-0.1, -0.05) is 38.0 Å². The van der Waals surface area contributed by atoms with Gasteiger partial charge in [-0.3, -0.25) is 9.59 Å². The van der Waals surface area contributed by atoms with E-state index in [2.05, 4.69) is 17.6 Å². The lowest BCUT2D eigenvalue weighted by Crippen LogP contribution is -2.44. The maximum atomic E-state index is 12.1. The average molecular weight is 302 g/mol. The molecule has 2 N–H and O–H groups in total. The van der Waals surface area contributed by atoms with Gasteiger partial charge < -0.3 is 10.6 Å². The molecule has 3 atom stereocenters. The zero-order valence-corrected chi connectivity index (χ0v) is 13.5. The van der Waals surface area contributed by atoms with Crippen LogP contribution < -0.4 is 10.6 Å². The number of nitrogens with one attached hydrogen (secondary N) is 2. The summed E-state index contributed by atoms with van der Waals surface area (Å²) in [5.74, 6) is 0.443. The highest BCUT2D eigenvalue weighted by atomic mass is 16.2. The van der Waals surface area contributed by atoms with E-state index in [1.807, 2.05) is 25.1 Å². The van der Waals surface area contributed by atoms with Crippen LogP contribution >= 0.6 is 0 Å². The molecule has 1 aromatic carbocycles. The van der Waals surface area contributed by atoms with Gasteiger partial charge in [0, 0.05) is 24.1 Å². The minimum absolute atomic E-state index is 0.0274. The largest absolute Gasteiger partial charge is 0.353 e. The summed E-state index contributed by atoms with van der Waals surface area (Å²) >= 11 is 0. The summed E-state index contributed by atoms with van der Waals surface area (Å²) < 4.78 is 0. The average Bonchev–Trinajstić information content (AvgIpc) is 2.50. The molecule has 4 heteroatoms. The third-order valence-electron chi connectivity index (χ3n) is 4.36. The fourth-order valence-electron chi connectivity index (χ4n) is 3.02. The first-order chi connectivity index (χ1) is 10.6. The van der Waals surface area contributed by atoms with Crippen LogP contribution in [0.4, 0.5) is 0 Å². The Bertz CT molecular complexity index is 501. The Balaban J connectivity index is 1.77. The van der Waals surface area contributed by atoms with E-state index in [1.165, 1.54) is 19.3 Å². The molecule has 1 saturated carbocycles. The molecule has 120 valence electrons. The van der Waals surface area contributed by atoms with Gasteiger partial charge in [0.2, 0.25) is 5.91 Å². The summed E-state index contributed by atoms with van der Waals surface area (Å²) in [6, 6.07) is 9.19. The molecule has 4 nitrogen and oxygen atoms in total. The monoisotopic (exact) mass is 302 g/mol. The number of rotatable bonds is 5. The Labute approximate surface area is 132 Å². The van der Waals surface area contributed by atoms with Crippen molar-refractivity contribution in [3.63, 3.8) is 0 Å². The van der Waals surface area contributed by atoms with Crippen molar-refractivity contribution < 1.29 is 9.59 Å². The van der Waals surface area contributed by atoms with Crippen LogP contribution in [0.1, 0.15) is 56.3 Å². The van der Waals surface area contributed by atoms with Crippen molar-refractivity contribution in [1.82, 2.24) is 10.6 Å². The first-order valence-electron chi connectivity index (χ1n) is 8.21. The molecule has 1 aliphatic carbocycles. The van der Waals surface area contributed by atoms with Crippen molar-refractivity contribution in [1.29, 1.82) is 0 Å². The van der Waals surface area contributed by atoms with Gasteiger partial charge in [0.05, 0.1) is 0 Å². The van der Waals surface area contributed by atoms with Gasteiger partial charge in [-0.25, -0.2) is 0 Å². The number of carbonyl (C=O) groups is 2. The van der Waals surface area contributed by atoms with E-state index >= 15 is 0 Å². The topological polar surface area (TPSA) is 58.2 Å². The maximum Gasteiger partial charge on any atom is 0.251 e.